The number of carbonyl (C=O) groups is 4. The third-order valence-corrected chi connectivity index (χ3v) is 6.47. The monoisotopic (exact) mass is 597 g/mol. The summed E-state index contributed by atoms with van der Waals surface area (Å²) in [6.07, 6.45) is 0.0827. The summed E-state index contributed by atoms with van der Waals surface area (Å²) in [7, 11) is 0. The van der Waals surface area contributed by atoms with Gasteiger partial charge >= 0.3 is 12.1 Å². The smallest absolute Gasteiger partial charge is 0.408 e. The number of ether oxygens (including phenoxy) is 2. The number of rotatable bonds is 12. The summed E-state index contributed by atoms with van der Waals surface area (Å²) in [5, 5.41) is 15.3. The molecule has 2 rings (SSSR count). The minimum Gasteiger partial charge on any atom is -0.508 e. The molecule has 0 bridgehead atoms. The van der Waals surface area contributed by atoms with Gasteiger partial charge < -0.3 is 30.1 Å². The zero-order valence-corrected chi connectivity index (χ0v) is 26.7. The van der Waals surface area contributed by atoms with Gasteiger partial charge in [-0.15, -0.1) is 0 Å². The van der Waals surface area contributed by atoms with E-state index in [1.54, 1.807) is 39.8 Å². The van der Waals surface area contributed by atoms with Gasteiger partial charge in [-0.1, -0.05) is 43.3 Å². The number of esters is 1. The number of aryl methyl sites for hydroxylation is 1. The van der Waals surface area contributed by atoms with Crippen LogP contribution < -0.4 is 10.6 Å². The second kappa shape index (κ2) is 15.4. The lowest BCUT2D eigenvalue weighted by Gasteiger charge is -2.43. The topological polar surface area (TPSA) is 134 Å². The molecule has 2 aromatic rings. The van der Waals surface area contributed by atoms with Crippen molar-refractivity contribution in [3.8, 4) is 5.75 Å². The first-order chi connectivity index (χ1) is 20.1. The number of amides is 3. The number of aromatic hydroxyl groups is 1. The Labute approximate surface area is 255 Å². The highest BCUT2D eigenvalue weighted by molar-refractivity contribution is 5.93. The normalized spacial score (nSPS) is 12.9. The fourth-order valence-electron chi connectivity index (χ4n) is 4.50. The summed E-state index contributed by atoms with van der Waals surface area (Å²) >= 11 is 0. The van der Waals surface area contributed by atoms with Crippen LogP contribution in [0.1, 0.15) is 84.5 Å². The van der Waals surface area contributed by atoms with Crippen LogP contribution in [0, 0.1) is 0 Å². The average Bonchev–Trinajstić information content (AvgIpc) is 2.90. The number of phenols is 1. The van der Waals surface area contributed by atoms with Crippen molar-refractivity contribution >= 4 is 23.9 Å². The molecule has 10 nitrogen and oxygen atoms in total. The SMILES string of the molecule is CCOC(=O)CCNC(=O)C(c1ccc(CC)cc1)N(C(=O)C(Cc1ccc(O)cc1)NC(=O)OC(C)(C)C)C(C)(C)C. The van der Waals surface area contributed by atoms with E-state index in [0.29, 0.717) is 11.1 Å². The van der Waals surface area contributed by atoms with E-state index in [2.05, 4.69) is 10.6 Å². The first-order valence-electron chi connectivity index (χ1n) is 14.7. The fraction of sp³-hybridized carbons (Fsp3) is 0.515. The molecule has 0 aromatic heterocycles. The first kappa shape index (κ1) is 35.1. The van der Waals surface area contributed by atoms with E-state index in [0.717, 1.165) is 12.0 Å². The Hall–Kier alpha value is -4.08. The van der Waals surface area contributed by atoms with Gasteiger partial charge in [-0.3, -0.25) is 14.4 Å². The lowest BCUT2D eigenvalue weighted by molar-refractivity contribution is -0.149. The molecular formula is C33H47N3O7. The molecule has 0 saturated carbocycles. The van der Waals surface area contributed by atoms with Crippen LogP contribution in [0.25, 0.3) is 0 Å². The Morgan fingerprint density at radius 2 is 1.47 bits per heavy atom. The molecule has 236 valence electrons. The molecule has 3 N–H and O–H groups in total. The summed E-state index contributed by atoms with van der Waals surface area (Å²) in [5.74, 6) is -1.35. The third kappa shape index (κ3) is 11.3. The zero-order chi connectivity index (χ0) is 32.4. The molecule has 0 heterocycles. The molecular weight excluding hydrogens is 550 g/mol. The van der Waals surface area contributed by atoms with Crippen LogP contribution >= 0.6 is 0 Å². The third-order valence-electron chi connectivity index (χ3n) is 6.47. The van der Waals surface area contributed by atoms with Gasteiger partial charge in [0.15, 0.2) is 0 Å². The second-order valence-electron chi connectivity index (χ2n) is 12.3. The van der Waals surface area contributed by atoms with E-state index in [4.69, 9.17) is 9.47 Å². The molecule has 0 spiro atoms. The zero-order valence-electron chi connectivity index (χ0n) is 26.7. The number of alkyl carbamates (subject to hydrolysis) is 1. The molecule has 0 aliphatic heterocycles. The standard InChI is InChI=1S/C33H47N3O7/c1-9-22-11-15-24(16-12-22)28(29(39)34-20-19-27(38)42-10-2)36(32(3,4)5)30(40)26(35-31(41)43-33(6,7)8)21-23-13-17-25(37)18-14-23/h11-18,26,28,37H,9-10,19-21H2,1-8H3,(H,34,39)(H,35,41). The number of carbonyl (C=O) groups excluding carboxylic acids is 4. The number of benzene rings is 2. The van der Waals surface area contributed by atoms with Gasteiger partial charge in [-0.2, -0.15) is 0 Å². The minimum atomic E-state index is -1.11. The van der Waals surface area contributed by atoms with E-state index in [1.807, 2.05) is 52.0 Å². The van der Waals surface area contributed by atoms with Crippen molar-refractivity contribution in [2.45, 2.75) is 97.9 Å². The number of hydrogen-bond acceptors (Lipinski definition) is 7. The highest BCUT2D eigenvalue weighted by atomic mass is 16.6. The van der Waals surface area contributed by atoms with Crippen molar-refractivity contribution in [3.05, 3.63) is 65.2 Å². The van der Waals surface area contributed by atoms with Crippen LogP contribution in [-0.2, 0) is 36.7 Å². The van der Waals surface area contributed by atoms with E-state index < -0.39 is 47.1 Å². The van der Waals surface area contributed by atoms with Crippen LogP contribution in [0.2, 0.25) is 0 Å². The number of phenolic OH excluding ortho intramolecular Hbond substituents is 1. The number of nitrogens with zero attached hydrogens (tertiary/aromatic N) is 1. The van der Waals surface area contributed by atoms with E-state index in [9.17, 15) is 24.3 Å². The molecule has 3 amide bonds. The molecule has 0 radical (unpaired) electrons. The van der Waals surface area contributed by atoms with Crippen LogP contribution in [0.5, 0.6) is 5.75 Å². The van der Waals surface area contributed by atoms with Crippen molar-refractivity contribution in [2.24, 2.45) is 0 Å². The van der Waals surface area contributed by atoms with E-state index in [-0.39, 0.29) is 31.7 Å². The van der Waals surface area contributed by atoms with E-state index in [1.165, 1.54) is 17.0 Å². The predicted octanol–water partition coefficient (Wildman–Crippen LogP) is 4.83. The molecule has 2 atom stereocenters. The maximum Gasteiger partial charge on any atom is 0.408 e. The summed E-state index contributed by atoms with van der Waals surface area (Å²) < 4.78 is 10.4. The van der Waals surface area contributed by atoms with Crippen LogP contribution in [0.3, 0.4) is 0 Å². The highest BCUT2D eigenvalue weighted by Crippen LogP contribution is 2.31. The second-order valence-corrected chi connectivity index (χ2v) is 12.3. The van der Waals surface area contributed by atoms with Crippen molar-refractivity contribution < 1.29 is 33.8 Å². The van der Waals surface area contributed by atoms with Gasteiger partial charge in [0.2, 0.25) is 11.8 Å². The maximum absolute atomic E-state index is 14.5. The summed E-state index contributed by atoms with van der Waals surface area (Å²) in [6.45, 7) is 14.6. The van der Waals surface area contributed by atoms with Crippen molar-refractivity contribution in [1.82, 2.24) is 15.5 Å². The summed E-state index contributed by atoms with van der Waals surface area (Å²) in [5.41, 5.74) is 0.642. The summed E-state index contributed by atoms with van der Waals surface area (Å²) in [6, 6.07) is 11.6. The van der Waals surface area contributed by atoms with Crippen LogP contribution in [0.15, 0.2) is 48.5 Å². The Balaban J connectivity index is 2.56. The lowest BCUT2D eigenvalue weighted by Crippen LogP contribution is -2.59. The molecule has 0 aliphatic carbocycles. The Morgan fingerprint density at radius 1 is 0.884 bits per heavy atom. The molecule has 0 saturated heterocycles. The largest absolute Gasteiger partial charge is 0.508 e. The molecule has 0 fully saturated rings. The molecule has 0 aliphatic rings. The van der Waals surface area contributed by atoms with Gasteiger partial charge in [0.1, 0.15) is 23.4 Å². The van der Waals surface area contributed by atoms with Crippen molar-refractivity contribution in [2.75, 3.05) is 13.2 Å². The lowest BCUT2D eigenvalue weighted by atomic mass is 9.93. The fourth-order valence-corrected chi connectivity index (χ4v) is 4.50. The van der Waals surface area contributed by atoms with Gasteiger partial charge in [-0.25, -0.2) is 4.79 Å². The minimum absolute atomic E-state index is 0.0196. The van der Waals surface area contributed by atoms with Gasteiger partial charge in [0.25, 0.3) is 0 Å². The molecule has 10 heteroatoms. The number of hydrogen-bond donors (Lipinski definition) is 3. The first-order valence-corrected chi connectivity index (χ1v) is 14.7. The number of nitrogens with one attached hydrogen (secondary N) is 2. The predicted molar refractivity (Wildman–Crippen MR) is 164 cm³/mol. The average molecular weight is 598 g/mol. The molecule has 43 heavy (non-hydrogen) atoms. The molecule has 2 unspecified atom stereocenters. The quantitative estimate of drug-likeness (QED) is 0.299. The van der Waals surface area contributed by atoms with E-state index >= 15 is 0 Å². The van der Waals surface area contributed by atoms with Gasteiger partial charge in [0, 0.05) is 18.5 Å². The highest BCUT2D eigenvalue weighted by Gasteiger charge is 2.42. The van der Waals surface area contributed by atoms with Gasteiger partial charge in [-0.05, 0) is 83.7 Å². The maximum atomic E-state index is 14.5. The summed E-state index contributed by atoms with van der Waals surface area (Å²) in [4.78, 5) is 54.7. The van der Waals surface area contributed by atoms with Crippen LogP contribution in [0.4, 0.5) is 4.79 Å². The van der Waals surface area contributed by atoms with Crippen molar-refractivity contribution in [3.63, 3.8) is 0 Å². The Kier molecular flexibility index (Phi) is 12.6. The van der Waals surface area contributed by atoms with Crippen molar-refractivity contribution in [1.29, 1.82) is 0 Å². The van der Waals surface area contributed by atoms with Crippen LogP contribution in [-0.4, -0.2) is 64.2 Å². The molecule has 2 aromatic carbocycles. The Bertz CT molecular complexity index is 1230. The Morgan fingerprint density at radius 3 is 1.98 bits per heavy atom. The van der Waals surface area contributed by atoms with Gasteiger partial charge in [0.05, 0.1) is 13.0 Å².